The third-order valence-corrected chi connectivity index (χ3v) is 2.69. The van der Waals surface area contributed by atoms with Crippen molar-refractivity contribution in [2.75, 3.05) is 19.6 Å². The quantitative estimate of drug-likeness (QED) is 0.313. The fraction of sp³-hybridized carbons (Fsp3) is 1.00. The van der Waals surface area contributed by atoms with Gasteiger partial charge in [-0.1, -0.05) is 0 Å². The first kappa shape index (κ1) is 9.10. The summed E-state index contributed by atoms with van der Waals surface area (Å²) in [6.07, 6.45) is 1.17. The maximum Gasteiger partial charge on any atom is 0.0917 e. The van der Waals surface area contributed by atoms with Crippen LogP contribution in [-0.2, 0) is 0 Å². The Bertz CT molecular complexity index is 45.5. The van der Waals surface area contributed by atoms with Crippen LogP contribution in [0.2, 0.25) is 6.04 Å². The van der Waals surface area contributed by atoms with E-state index in [0.717, 1.165) is 19.6 Å². The molecular weight excluding hydrogens is 130 g/mol. The van der Waals surface area contributed by atoms with Crippen LogP contribution in [0, 0.1) is 0 Å². The van der Waals surface area contributed by atoms with Gasteiger partial charge in [-0.3, -0.25) is 0 Å². The molecule has 0 aromatic rings. The minimum absolute atomic E-state index is 0.0207. The number of nitrogens with two attached hydrogens (primary N) is 2. The lowest BCUT2D eigenvalue weighted by molar-refractivity contribution is 0.869. The van der Waals surface area contributed by atoms with Gasteiger partial charge in [-0.2, -0.15) is 0 Å². The predicted octanol–water partition coefficient (Wildman–Crippen LogP) is -1.61. The summed E-state index contributed by atoms with van der Waals surface area (Å²) in [6, 6.07) is 1.30. The van der Waals surface area contributed by atoms with Crippen molar-refractivity contribution in [2.24, 2.45) is 11.5 Å². The molecule has 0 rings (SSSR count). The minimum atomic E-state index is -0.0207. The van der Waals surface area contributed by atoms with Crippen molar-refractivity contribution in [3.63, 3.8) is 0 Å². The Kier molecular flexibility index (Phi) is 8.18. The van der Waals surface area contributed by atoms with Crippen molar-refractivity contribution in [1.82, 2.24) is 4.98 Å². The zero-order chi connectivity index (χ0) is 6.95. The molecule has 4 heteroatoms. The molecular formula is C5H17N3Si. The number of hydrogen-bond acceptors (Lipinski definition) is 3. The molecule has 0 saturated carbocycles. The fourth-order valence-corrected chi connectivity index (χ4v) is 1.86. The van der Waals surface area contributed by atoms with Crippen molar-refractivity contribution in [3.05, 3.63) is 0 Å². The molecule has 5 N–H and O–H groups in total. The van der Waals surface area contributed by atoms with Crippen molar-refractivity contribution in [2.45, 2.75) is 12.5 Å². The molecule has 56 valence electrons. The zero-order valence-electron chi connectivity index (χ0n) is 5.90. The van der Waals surface area contributed by atoms with Gasteiger partial charge in [0.05, 0.1) is 9.68 Å². The van der Waals surface area contributed by atoms with Gasteiger partial charge in [-0.05, 0) is 19.0 Å². The average molecular weight is 147 g/mol. The Hall–Kier alpha value is 0.0969. The van der Waals surface area contributed by atoms with E-state index in [0.29, 0.717) is 0 Å². The summed E-state index contributed by atoms with van der Waals surface area (Å²) < 4.78 is 0. The Labute approximate surface area is 59.1 Å². The van der Waals surface area contributed by atoms with Crippen LogP contribution in [0.4, 0.5) is 0 Å². The summed E-state index contributed by atoms with van der Waals surface area (Å²) in [5.74, 6) is 0. The molecule has 0 aliphatic heterocycles. The van der Waals surface area contributed by atoms with Crippen molar-refractivity contribution in [3.8, 4) is 0 Å². The van der Waals surface area contributed by atoms with Crippen LogP contribution < -0.4 is 16.4 Å². The first-order valence-electron chi connectivity index (χ1n) is 3.52. The highest BCUT2D eigenvalue weighted by atomic mass is 28.2. The fourth-order valence-electron chi connectivity index (χ4n) is 0.621. The molecule has 0 bridgehead atoms. The van der Waals surface area contributed by atoms with Gasteiger partial charge < -0.3 is 16.4 Å². The highest BCUT2D eigenvalue weighted by Crippen LogP contribution is 1.80. The molecule has 0 heterocycles. The van der Waals surface area contributed by atoms with Gasteiger partial charge >= 0.3 is 0 Å². The van der Waals surface area contributed by atoms with E-state index in [1.807, 2.05) is 0 Å². The maximum atomic E-state index is 5.31. The minimum Gasteiger partial charge on any atom is -0.341 e. The highest BCUT2D eigenvalue weighted by molar-refractivity contribution is 6.32. The Morgan fingerprint density at radius 3 is 2.56 bits per heavy atom. The molecule has 0 radical (unpaired) electrons. The first-order valence-corrected chi connectivity index (χ1v) is 5.23. The molecule has 0 aromatic heterocycles. The molecule has 0 saturated heterocycles. The molecule has 3 nitrogen and oxygen atoms in total. The zero-order valence-corrected chi connectivity index (χ0v) is 7.31. The normalized spacial score (nSPS) is 11.3. The van der Waals surface area contributed by atoms with E-state index in [1.165, 1.54) is 12.5 Å². The number of rotatable bonds is 6. The van der Waals surface area contributed by atoms with Gasteiger partial charge in [-0.15, -0.1) is 0 Å². The Balaban J connectivity index is 2.60. The molecule has 0 aromatic carbocycles. The Morgan fingerprint density at radius 2 is 2.00 bits per heavy atom. The standard InChI is InChI=1S/C5H17N3Si/c6-2-1-5-9-8-4-3-7/h8H,1-7,9H2. The van der Waals surface area contributed by atoms with Gasteiger partial charge in [0.15, 0.2) is 0 Å². The Morgan fingerprint density at radius 1 is 1.22 bits per heavy atom. The number of nitrogens with one attached hydrogen (secondary N) is 1. The lowest BCUT2D eigenvalue weighted by atomic mass is 10.5. The molecule has 0 spiro atoms. The lowest BCUT2D eigenvalue weighted by Gasteiger charge is -1.98. The first-order chi connectivity index (χ1) is 4.41. The van der Waals surface area contributed by atoms with Crippen LogP contribution in [-0.4, -0.2) is 29.3 Å². The topological polar surface area (TPSA) is 64.1 Å². The van der Waals surface area contributed by atoms with Crippen LogP contribution in [0.3, 0.4) is 0 Å². The largest absolute Gasteiger partial charge is 0.341 e. The summed E-state index contributed by atoms with van der Waals surface area (Å²) in [6.45, 7) is 2.57. The number of hydrogen-bond donors (Lipinski definition) is 3. The van der Waals surface area contributed by atoms with E-state index >= 15 is 0 Å². The van der Waals surface area contributed by atoms with Crippen LogP contribution in [0.1, 0.15) is 6.42 Å². The monoisotopic (exact) mass is 147 g/mol. The molecule has 0 aliphatic rings. The van der Waals surface area contributed by atoms with Crippen LogP contribution in [0.25, 0.3) is 0 Å². The maximum absolute atomic E-state index is 5.31. The van der Waals surface area contributed by atoms with Crippen molar-refractivity contribution < 1.29 is 0 Å². The molecule has 0 fully saturated rings. The van der Waals surface area contributed by atoms with Gasteiger partial charge in [-0.25, -0.2) is 0 Å². The van der Waals surface area contributed by atoms with E-state index in [9.17, 15) is 0 Å². The second kappa shape index (κ2) is 8.10. The second-order valence-corrected chi connectivity index (χ2v) is 3.74. The van der Waals surface area contributed by atoms with Crippen molar-refractivity contribution >= 4 is 9.68 Å². The summed E-state index contributed by atoms with van der Waals surface area (Å²) >= 11 is 0. The van der Waals surface area contributed by atoms with Crippen LogP contribution >= 0.6 is 0 Å². The molecule has 0 aliphatic carbocycles. The van der Waals surface area contributed by atoms with Gasteiger partial charge in [0.25, 0.3) is 0 Å². The van der Waals surface area contributed by atoms with E-state index in [1.54, 1.807) is 0 Å². The van der Waals surface area contributed by atoms with Crippen molar-refractivity contribution in [1.29, 1.82) is 0 Å². The van der Waals surface area contributed by atoms with E-state index in [2.05, 4.69) is 4.98 Å². The predicted molar refractivity (Wildman–Crippen MR) is 44.1 cm³/mol. The average Bonchev–Trinajstić information content (AvgIpc) is 1.89. The van der Waals surface area contributed by atoms with Crippen LogP contribution in [0.5, 0.6) is 0 Å². The summed E-state index contributed by atoms with van der Waals surface area (Å²) in [4.78, 5) is 3.33. The lowest BCUT2D eigenvalue weighted by Crippen LogP contribution is -2.26. The third-order valence-electron chi connectivity index (χ3n) is 1.13. The van der Waals surface area contributed by atoms with Gasteiger partial charge in [0.1, 0.15) is 0 Å². The molecule has 0 amide bonds. The summed E-state index contributed by atoms with van der Waals surface area (Å²) in [5.41, 5.74) is 10.6. The van der Waals surface area contributed by atoms with Gasteiger partial charge in [0.2, 0.25) is 0 Å². The molecule has 9 heavy (non-hydrogen) atoms. The molecule has 0 atom stereocenters. The highest BCUT2D eigenvalue weighted by Gasteiger charge is 1.85. The second-order valence-electron chi connectivity index (χ2n) is 2.03. The summed E-state index contributed by atoms with van der Waals surface area (Å²) in [5, 5.41) is 0. The SMILES string of the molecule is NCCC[SiH2]NCCN. The molecule has 0 unspecified atom stereocenters. The van der Waals surface area contributed by atoms with E-state index < -0.39 is 0 Å². The smallest absolute Gasteiger partial charge is 0.0917 e. The van der Waals surface area contributed by atoms with Gasteiger partial charge in [0, 0.05) is 13.1 Å². The summed E-state index contributed by atoms with van der Waals surface area (Å²) in [7, 11) is -0.0207. The third kappa shape index (κ3) is 8.10. The van der Waals surface area contributed by atoms with E-state index in [-0.39, 0.29) is 9.68 Å². The van der Waals surface area contributed by atoms with E-state index in [4.69, 9.17) is 11.5 Å². The van der Waals surface area contributed by atoms with Crippen LogP contribution in [0.15, 0.2) is 0 Å².